The fourth-order valence-electron chi connectivity index (χ4n) is 5.75. The third-order valence-electron chi connectivity index (χ3n) is 8.20. The first-order valence-corrected chi connectivity index (χ1v) is 16.0. The Morgan fingerprint density at radius 1 is 0.851 bits per heavy atom. The van der Waals surface area contributed by atoms with Gasteiger partial charge in [0.05, 0.1) is 13.7 Å². The molecule has 0 bridgehead atoms. The zero-order valence-electron chi connectivity index (χ0n) is 27.1. The van der Waals surface area contributed by atoms with Gasteiger partial charge in [-0.2, -0.15) is 0 Å². The normalized spacial score (nSPS) is 16.1. The van der Waals surface area contributed by atoms with Crippen LogP contribution in [0.15, 0.2) is 72.8 Å². The molecule has 3 aromatic carbocycles. The first kappa shape index (κ1) is 34.9. The monoisotopic (exact) mass is 644 g/mol. The molecular weight excluding hydrogens is 600 g/mol. The number of carbonyl (C=O) groups excluding carboxylic acids is 5. The number of alkyl carbamates (subject to hydrolysis) is 1. The minimum absolute atomic E-state index is 0.00401. The summed E-state index contributed by atoms with van der Waals surface area (Å²) < 4.78 is 10.3. The fraction of sp³-hybridized carbons (Fsp3) is 0.417. The van der Waals surface area contributed by atoms with E-state index < -0.39 is 47.9 Å². The molecule has 47 heavy (non-hydrogen) atoms. The van der Waals surface area contributed by atoms with Crippen LogP contribution < -0.4 is 21.3 Å². The van der Waals surface area contributed by atoms with Gasteiger partial charge < -0.3 is 30.7 Å². The van der Waals surface area contributed by atoms with Crippen molar-refractivity contribution in [2.75, 3.05) is 20.3 Å². The van der Waals surface area contributed by atoms with Gasteiger partial charge in [0.2, 0.25) is 17.7 Å². The highest BCUT2D eigenvalue weighted by Crippen LogP contribution is 2.21. The Kier molecular flexibility index (Phi) is 12.7. The highest BCUT2D eigenvalue weighted by molar-refractivity contribution is 5.94. The Hall–Kier alpha value is -4.93. The molecule has 0 radical (unpaired) electrons. The lowest BCUT2D eigenvalue weighted by Crippen LogP contribution is -2.57. The Morgan fingerprint density at radius 2 is 1.53 bits per heavy atom. The third kappa shape index (κ3) is 10.3. The summed E-state index contributed by atoms with van der Waals surface area (Å²) in [6.07, 6.45) is 0.766. The highest BCUT2D eigenvalue weighted by atomic mass is 16.5. The third-order valence-corrected chi connectivity index (χ3v) is 8.20. The van der Waals surface area contributed by atoms with Crippen molar-refractivity contribution in [3.8, 4) is 0 Å². The van der Waals surface area contributed by atoms with Crippen LogP contribution in [-0.4, -0.2) is 68.2 Å². The van der Waals surface area contributed by atoms with Crippen LogP contribution in [-0.2, 0) is 41.5 Å². The van der Waals surface area contributed by atoms with Gasteiger partial charge in [-0.1, -0.05) is 86.6 Å². The summed E-state index contributed by atoms with van der Waals surface area (Å²) in [5, 5.41) is 12.9. The lowest BCUT2D eigenvalue weighted by atomic mass is 9.96. The van der Waals surface area contributed by atoms with Crippen molar-refractivity contribution in [3.63, 3.8) is 0 Å². The van der Waals surface area contributed by atoms with Gasteiger partial charge in [-0.25, -0.2) is 9.59 Å². The summed E-state index contributed by atoms with van der Waals surface area (Å²) in [5.41, 5.74) is 1.84. The molecule has 4 amide bonds. The summed E-state index contributed by atoms with van der Waals surface area (Å²) >= 11 is 0. The number of ether oxygens (including phenoxy) is 2. The Morgan fingerprint density at radius 3 is 2.23 bits per heavy atom. The van der Waals surface area contributed by atoms with E-state index in [-0.39, 0.29) is 37.7 Å². The molecule has 250 valence electrons. The molecule has 11 nitrogen and oxygen atoms in total. The lowest BCUT2D eigenvalue weighted by molar-refractivity contribution is -0.146. The molecule has 3 aromatic rings. The molecule has 1 fully saturated rings. The molecule has 0 saturated carbocycles. The van der Waals surface area contributed by atoms with E-state index in [4.69, 9.17) is 9.47 Å². The van der Waals surface area contributed by atoms with Crippen LogP contribution in [0.3, 0.4) is 0 Å². The van der Waals surface area contributed by atoms with Crippen molar-refractivity contribution in [1.29, 1.82) is 0 Å². The second-order valence-electron chi connectivity index (χ2n) is 12.2. The standard InChI is InChI=1S/C36H44N4O7/c1-23(2)20-29(33(42)39-31(35(44)46-3)22-27-16-18-37-32(27)41)38-34(43)30(21-26-14-9-13-25-12-7-8-15-28(25)26)40-36(45)47-19-17-24-10-5-4-6-11-24/h4-15,23,27,29-31H,16-22H2,1-3H3,(H,37,41)(H,38,43)(H,39,42)(H,40,45)/t27-,29-,30?,31-/m0/s1. The minimum atomic E-state index is -1.08. The summed E-state index contributed by atoms with van der Waals surface area (Å²) in [6.45, 7) is 4.42. The molecule has 0 aromatic heterocycles. The van der Waals surface area contributed by atoms with Crippen molar-refractivity contribution < 1.29 is 33.4 Å². The van der Waals surface area contributed by atoms with Crippen molar-refractivity contribution in [1.82, 2.24) is 21.3 Å². The number of rotatable bonds is 15. The first-order valence-electron chi connectivity index (χ1n) is 16.0. The average molecular weight is 645 g/mol. The molecule has 0 aliphatic carbocycles. The van der Waals surface area contributed by atoms with Crippen LogP contribution in [0.2, 0.25) is 0 Å². The second kappa shape index (κ2) is 17.1. The number of hydrogen-bond donors (Lipinski definition) is 4. The van der Waals surface area contributed by atoms with Gasteiger partial charge >= 0.3 is 12.1 Å². The van der Waals surface area contributed by atoms with Gasteiger partial charge in [0.25, 0.3) is 0 Å². The molecule has 0 spiro atoms. The molecule has 1 aliphatic heterocycles. The number of carbonyl (C=O) groups is 5. The van der Waals surface area contributed by atoms with Crippen LogP contribution in [0, 0.1) is 11.8 Å². The van der Waals surface area contributed by atoms with E-state index in [1.54, 1.807) is 0 Å². The van der Waals surface area contributed by atoms with E-state index in [1.807, 2.05) is 86.6 Å². The first-order chi connectivity index (χ1) is 22.6. The smallest absolute Gasteiger partial charge is 0.407 e. The molecule has 4 rings (SSSR count). The van der Waals surface area contributed by atoms with Gasteiger partial charge in [0.15, 0.2) is 0 Å². The quantitative estimate of drug-likeness (QED) is 0.185. The van der Waals surface area contributed by atoms with E-state index >= 15 is 0 Å². The largest absolute Gasteiger partial charge is 0.467 e. The molecule has 4 N–H and O–H groups in total. The van der Waals surface area contributed by atoms with Gasteiger partial charge in [-0.05, 0) is 47.1 Å². The van der Waals surface area contributed by atoms with Crippen molar-refractivity contribution >= 4 is 40.6 Å². The molecular formula is C36H44N4O7. The predicted molar refractivity (Wildman–Crippen MR) is 177 cm³/mol. The average Bonchev–Trinajstić information content (AvgIpc) is 3.47. The van der Waals surface area contributed by atoms with E-state index in [1.165, 1.54) is 7.11 Å². The van der Waals surface area contributed by atoms with E-state index in [0.717, 1.165) is 21.9 Å². The van der Waals surface area contributed by atoms with Gasteiger partial charge in [0.1, 0.15) is 18.1 Å². The maximum absolute atomic E-state index is 13.9. The minimum Gasteiger partial charge on any atom is -0.467 e. The van der Waals surface area contributed by atoms with E-state index in [0.29, 0.717) is 19.4 Å². The van der Waals surface area contributed by atoms with Crippen molar-refractivity contribution in [2.45, 2.75) is 64.1 Å². The topological polar surface area (TPSA) is 152 Å². The SMILES string of the molecule is COC(=O)[C@H](C[C@@H]1CCNC1=O)NC(=O)[C@H](CC(C)C)NC(=O)C(Cc1cccc2ccccc12)NC(=O)OCCc1ccccc1. The zero-order chi connectivity index (χ0) is 33.8. The molecule has 1 aliphatic rings. The Bertz CT molecular complexity index is 1540. The maximum Gasteiger partial charge on any atom is 0.407 e. The van der Waals surface area contributed by atoms with Gasteiger partial charge in [-0.15, -0.1) is 0 Å². The molecule has 1 heterocycles. The highest BCUT2D eigenvalue weighted by Gasteiger charge is 2.34. The van der Waals surface area contributed by atoms with Crippen molar-refractivity contribution in [3.05, 3.63) is 83.9 Å². The molecule has 11 heteroatoms. The Balaban J connectivity index is 1.51. The zero-order valence-corrected chi connectivity index (χ0v) is 27.1. The number of fused-ring (bicyclic) bond motifs is 1. The number of nitrogens with one attached hydrogen (secondary N) is 4. The van der Waals surface area contributed by atoms with Crippen LogP contribution in [0.1, 0.15) is 44.2 Å². The molecule has 1 saturated heterocycles. The number of methoxy groups -OCH3 is 1. The molecule has 1 unspecified atom stereocenters. The lowest BCUT2D eigenvalue weighted by Gasteiger charge is -2.26. The number of esters is 1. The summed E-state index contributed by atoms with van der Waals surface area (Å²) in [6, 6.07) is 19.9. The van der Waals surface area contributed by atoms with Crippen molar-refractivity contribution in [2.24, 2.45) is 11.8 Å². The summed E-state index contributed by atoms with van der Waals surface area (Å²) in [5.74, 6) is -2.48. The second-order valence-corrected chi connectivity index (χ2v) is 12.2. The summed E-state index contributed by atoms with van der Waals surface area (Å²) in [4.78, 5) is 65.3. The fourth-order valence-corrected chi connectivity index (χ4v) is 5.75. The van der Waals surface area contributed by atoms with Crippen LogP contribution in [0.4, 0.5) is 4.79 Å². The van der Waals surface area contributed by atoms with E-state index in [2.05, 4.69) is 21.3 Å². The predicted octanol–water partition coefficient (Wildman–Crippen LogP) is 3.43. The summed E-state index contributed by atoms with van der Waals surface area (Å²) in [7, 11) is 1.21. The maximum atomic E-state index is 13.9. The number of benzene rings is 3. The van der Waals surface area contributed by atoms with Crippen LogP contribution in [0.5, 0.6) is 0 Å². The Labute approximate surface area is 275 Å². The van der Waals surface area contributed by atoms with Gasteiger partial charge in [-0.3, -0.25) is 14.4 Å². The number of amides is 4. The van der Waals surface area contributed by atoms with Crippen LogP contribution in [0.25, 0.3) is 10.8 Å². The van der Waals surface area contributed by atoms with E-state index in [9.17, 15) is 24.0 Å². The van der Waals surface area contributed by atoms with Gasteiger partial charge in [0, 0.05) is 25.3 Å². The molecule has 4 atom stereocenters. The van der Waals surface area contributed by atoms with Crippen LogP contribution >= 0.6 is 0 Å². The number of hydrogen-bond acceptors (Lipinski definition) is 7.